The van der Waals surface area contributed by atoms with Crippen LogP contribution in [0.15, 0.2) is 18.2 Å². The summed E-state index contributed by atoms with van der Waals surface area (Å²) >= 11 is 0. The van der Waals surface area contributed by atoms with Crippen LogP contribution in [0.5, 0.6) is 5.75 Å². The Morgan fingerprint density at radius 3 is 2.62 bits per heavy atom. The summed E-state index contributed by atoms with van der Waals surface area (Å²) in [6.07, 6.45) is 8.46. The first-order valence-electron chi connectivity index (χ1n) is 8.48. The van der Waals surface area contributed by atoms with E-state index in [1.807, 2.05) is 19.9 Å². The fourth-order valence-electron chi connectivity index (χ4n) is 4.00. The van der Waals surface area contributed by atoms with Crippen molar-refractivity contribution in [1.29, 1.82) is 0 Å². The van der Waals surface area contributed by atoms with Crippen molar-refractivity contribution in [3.63, 3.8) is 0 Å². The van der Waals surface area contributed by atoms with Crippen molar-refractivity contribution in [3.05, 3.63) is 18.2 Å². The van der Waals surface area contributed by atoms with E-state index in [9.17, 15) is 0 Å². The minimum absolute atomic E-state index is 0.159. The molecular weight excluding hydrogens is 260 g/mol. The lowest BCUT2D eigenvalue weighted by molar-refractivity contribution is 0.244. The zero-order chi connectivity index (χ0) is 14.8. The first-order valence-corrected chi connectivity index (χ1v) is 8.48. The van der Waals surface area contributed by atoms with E-state index in [4.69, 9.17) is 10.5 Å². The van der Waals surface area contributed by atoms with Gasteiger partial charge in [-0.05, 0) is 57.6 Å². The highest BCUT2D eigenvalue weighted by molar-refractivity contribution is 5.63. The molecule has 1 aromatic carbocycles. The topological polar surface area (TPSA) is 38.5 Å². The number of hydrogen-bond acceptors (Lipinski definition) is 3. The Kier molecular flexibility index (Phi) is 4.27. The van der Waals surface area contributed by atoms with Gasteiger partial charge < -0.3 is 15.4 Å². The molecular formula is C18H28N2O. The van der Waals surface area contributed by atoms with Crippen LogP contribution in [0.2, 0.25) is 0 Å². The molecule has 1 unspecified atom stereocenters. The summed E-state index contributed by atoms with van der Waals surface area (Å²) < 4.78 is 5.85. The summed E-state index contributed by atoms with van der Waals surface area (Å²) in [6.45, 7) is 5.26. The van der Waals surface area contributed by atoms with Crippen molar-refractivity contribution in [1.82, 2.24) is 0 Å². The molecule has 1 saturated heterocycles. The Bertz CT molecular complexity index is 480. The molecule has 3 heteroatoms. The average molecular weight is 288 g/mol. The Morgan fingerprint density at radius 1 is 1.14 bits per heavy atom. The van der Waals surface area contributed by atoms with Gasteiger partial charge in [0.25, 0.3) is 0 Å². The van der Waals surface area contributed by atoms with Gasteiger partial charge >= 0.3 is 0 Å². The summed E-state index contributed by atoms with van der Waals surface area (Å²) in [6, 6.07) is 7.03. The van der Waals surface area contributed by atoms with Gasteiger partial charge in [-0.15, -0.1) is 0 Å². The molecule has 0 amide bonds. The molecule has 3 rings (SSSR count). The molecule has 0 radical (unpaired) electrons. The van der Waals surface area contributed by atoms with Crippen molar-refractivity contribution in [2.45, 2.75) is 64.5 Å². The predicted octanol–water partition coefficient (Wildman–Crippen LogP) is 4.22. The molecule has 2 fully saturated rings. The van der Waals surface area contributed by atoms with Crippen molar-refractivity contribution >= 4 is 11.4 Å². The highest BCUT2D eigenvalue weighted by Crippen LogP contribution is 2.39. The van der Waals surface area contributed by atoms with Crippen LogP contribution in [-0.2, 0) is 0 Å². The first-order chi connectivity index (χ1) is 10.1. The van der Waals surface area contributed by atoms with E-state index in [0.717, 1.165) is 23.4 Å². The minimum Gasteiger partial charge on any atom is -0.489 e. The molecule has 3 nitrogen and oxygen atoms in total. The summed E-state index contributed by atoms with van der Waals surface area (Å²) in [5, 5.41) is 0. The van der Waals surface area contributed by atoms with Gasteiger partial charge in [-0.25, -0.2) is 0 Å². The maximum absolute atomic E-state index is 6.05. The smallest absolute Gasteiger partial charge is 0.144 e. The molecule has 1 aromatic rings. The number of hydrogen-bond donors (Lipinski definition) is 1. The quantitative estimate of drug-likeness (QED) is 0.843. The number of nitrogens with two attached hydrogens (primary N) is 1. The van der Waals surface area contributed by atoms with Gasteiger partial charge in [-0.3, -0.25) is 0 Å². The van der Waals surface area contributed by atoms with Crippen LogP contribution < -0.4 is 15.4 Å². The second kappa shape index (κ2) is 6.17. The van der Waals surface area contributed by atoms with Gasteiger partial charge in [0, 0.05) is 24.3 Å². The normalized spacial score (nSPS) is 23.2. The molecule has 0 spiro atoms. The highest BCUT2D eigenvalue weighted by atomic mass is 16.5. The second-order valence-corrected chi connectivity index (χ2v) is 6.84. The Hall–Kier alpha value is -1.38. The van der Waals surface area contributed by atoms with Crippen molar-refractivity contribution < 1.29 is 4.74 Å². The highest BCUT2D eigenvalue weighted by Gasteiger charge is 2.33. The molecule has 1 saturated carbocycles. The molecule has 2 N–H and O–H groups in total. The van der Waals surface area contributed by atoms with E-state index in [2.05, 4.69) is 17.0 Å². The van der Waals surface area contributed by atoms with Gasteiger partial charge in [0.15, 0.2) is 0 Å². The van der Waals surface area contributed by atoms with E-state index in [0.29, 0.717) is 0 Å². The largest absolute Gasteiger partial charge is 0.489 e. The standard InChI is InChI=1S/C18H28N2O/c1-13(2)21-18-12-15(9-10-16(18)19)20-11-5-8-17(20)14-6-3-4-7-14/h9-10,12-14,17H,3-8,11,19H2,1-2H3. The zero-order valence-electron chi connectivity index (χ0n) is 13.3. The van der Waals surface area contributed by atoms with Gasteiger partial charge in [0.1, 0.15) is 5.75 Å². The van der Waals surface area contributed by atoms with Crippen LogP contribution in [-0.4, -0.2) is 18.7 Å². The molecule has 2 aliphatic rings. The van der Waals surface area contributed by atoms with E-state index >= 15 is 0 Å². The van der Waals surface area contributed by atoms with Gasteiger partial charge in [-0.1, -0.05) is 12.8 Å². The fraction of sp³-hybridized carbons (Fsp3) is 0.667. The SMILES string of the molecule is CC(C)Oc1cc(N2CCCC2C2CCCC2)ccc1N. The van der Waals surface area contributed by atoms with Crippen LogP contribution >= 0.6 is 0 Å². The lowest BCUT2D eigenvalue weighted by atomic mass is 9.95. The van der Waals surface area contributed by atoms with E-state index < -0.39 is 0 Å². The number of anilines is 2. The molecule has 1 heterocycles. The molecule has 1 aliphatic heterocycles. The third kappa shape index (κ3) is 3.12. The lowest BCUT2D eigenvalue weighted by Crippen LogP contribution is -2.34. The van der Waals surface area contributed by atoms with Crippen LogP contribution in [0, 0.1) is 5.92 Å². The first kappa shape index (κ1) is 14.6. The van der Waals surface area contributed by atoms with Gasteiger partial charge in [0.2, 0.25) is 0 Å². The third-order valence-electron chi connectivity index (χ3n) is 4.93. The lowest BCUT2D eigenvalue weighted by Gasteiger charge is -2.31. The van der Waals surface area contributed by atoms with Crippen molar-refractivity contribution in [3.8, 4) is 5.75 Å². The molecule has 0 aromatic heterocycles. The number of nitrogens with zero attached hydrogens (tertiary/aromatic N) is 1. The maximum Gasteiger partial charge on any atom is 0.144 e. The van der Waals surface area contributed by atoms with E-state index in [-0.39, 0.29) is 6.10 Å². The summed E-state index contributed by atoms with van der Waals surface area (Å²) in [4.78, 5) is 2.60. The van der Waals surface area contributed by atoms with E-state index in [1.54, 1.807) is 0 Å². The predicted molar refractivity (Wildman–Crippen MR) is 88.9 cm³/mol. The monoisotopic (exact) mass is 288 g/mol. The van der Waals surface area contributed by atoms with Crippen molar-refractivity contribution in [2.75, 3.05) is 17.2 Å². The summed E-state index contributed by atoms with van der Waals surface area (Å²) in [5.74, 6) is 1.72. The minimum atomic E-state index is 0.159. The van der Waals surface area contributed by atoms with Crippen LogP contribution in [0.3, 0.4) is 0 Å². The third-order valence-corrected chi connectivity index (χ3v) is 4.93. The summed E-state index contributed by atoms with van der Waals surface area (Å²) in [5.41, 5.74) is 8.08. The number of benzene rings is 1. The molecule has 116 valence electrons. The molecule has 0 bridgehead atoms. The average Bonchev–Trinajstić information content (AvgIpc) is 3.09. The second-order valence-electron chi connectivity index (χ2n) is 6.84. The maximum atomic E-state index is 6.05. The number of nitrogen functional groups attached to an aromatic ring is 1. The Morgan fingerprint density at radius 2 is 1.90 bits per heavy atom. The van der Waals surface area contributed by atoms with E-state index in [1.165, 1.54) is 50.8 Å². The summed E-state index contributed by atoms with van der Waals surface area (Å²) in [7, 11) is 0. The fourth-order valence-corrected chi connectivity index (χ4v) is 4.00. The van der Waals surface area contributed by atoms with Crippen LogP contribution in [0.1, 0.15) is 52.4 Å². The van der Waals surface area contributed by atoms with Crippen LogP contribution in [0.25, 0.3) is 0 Å². The van der Waals surface area contributed by atoms with Gasteiger partial charge in [0.05, 0.1) is 11.8 Å². The number of rotatable bonds is 4. The zero-order valence-corrected chi connectivity index (χ0v) is 13.3. The van der Waals surface area contributed by atoms with Gasteiger partial charge in [-0.2, -0.15) is 0 Å². The Balaban J connectivity index is 1.81. The van der Waals surface area contributed by atoms with Crippen molar-refractivity contribution in [2.24, 2.45) is 5.92 Å². The number of ether oxygens (including phenoxy) is 1. The molecule has 1 aliphatic carbocycles. The van der Waals surface area contributed by atoms with Crippen LogP contribution in [0.4, 0.5) is 11.4 Å². The molecule has 1 atom stereocenters. The molecule has 21 heavy (non-hydrogen) atoms. The Labute approximate surface area is 128 Å².